The van der Waals surface area contributed by atoms with Gasteiger partial charge in [0.15, 0.2) is 12.2 Å². The number of amides is 1. The average molecular weight is 416 g/mol. The van der Waals surface area contributed by atoms with Crippen molar-refractivity contribution in [3.8, 4) is 11.3 Å². The maximum atomic E-state index is 13.4. The van der Waals surface area contributed by atoms with Gasteiger partial charge in [-0.05, 0) is 12.5 Å². The molecule has 0 bridgehead atoms. The number of pyridine rings is 1. The topological polar surface area (TPSA) is 72.9 Å². The summed E-state index contributed by atoms with van der Waals surface area (Å²) in [6, 6.07) is 0.861. The normalized spacial score (nSPS) is 17.6. The molecule has 0 aliphatic carbocycles. The first-order valence-electron chi connectivity index (χ1n) is 8.44. The molecule has 0 N–H and O–H groups in total. The summed E-state index contributed by atoms with van der Waals surface area (Å²) < 4.78 is 75.4. The van der Waals surface area contributed by atoms with Crippen molar-refractivity contribution in [1.82, 2.24) is 19.3 Å². The summed E-state index contributed by atoms with van der Waals surface area (Å²) in [6.07, 6.45) is -1.13. The molecular formula is C17H13F5N4O3. The molecule has 1 saturated heterocycles. The summed E-state index contributed by atoms with van der Waals surface area (Å²) in [5.74, 6) is -0.585. The second-order valence-electron chi connectivity index (χ2n) is 6.40. The minimum absolute atomic E-state index is 0.0108. The second kappa shape index (κ2) is 7.10. The van der Waals surface area contributed by atoms with E-state index in [9.17, 15) is 26.7 Å². The van der Waals surface area contributed by atoms with E-state index in [1.807, 2.05) is 0 Å². The lowest BCUT2D eigenvalue weighted by Gasteiger charge is -2.17. The van der Waals surface area contributed by atoms with Crippen LogP contribution < -0.4 is 0 Å². The largest absolute Gasteiger partial charge is 0.443 e. The first-order valence-corrected chi connectivity index (χ1v) is 8.44. The molecule has 3 aromatic rings. The van der Waals surface area contributed by atoms with Gasteiger partial charge >= 0.3 is 12.8 Å². The minimum atomic E-state index is -4.68. The van der Waals surface area contributed by atoms with Crippen LogP contribution in [0.3, 0.4) is 0 Å². The maximum absolute atomic E-state index is 13.4. The summed E-state index contributed by atoms with van der Waals surface area (Å²) >= 11 is 0. The molecule has 1 fully saturated rings. The number of oxazole rings is 1. The molecule has 1 unspecified atom stereocenters. The molecule has 0 radical (unpaired) electrons. The molecule has 3 aromatic heterocycles. The zero-order chi connectivity index (χ0) is 20.8. The van der Waals surface area contributed by atoms with Crippen LogP contribution in [0.1, 0.15) is 22.5 Å². The molecule has 4 rings (SSSR count). The van der Waals surface area contributed by atoms with Gasteiger partial charge < -0.3 is 14.1 Å². The van der Waals surface area contributed by atoms with Gasteiger partial charge in [-0.25, -0.2) is 9.97 Å². The predicted molar refractivity (Wildman–Crippen MR) is 87.1 cm³/mol. The number of ether oxygens (including phenoxy) is 1. The van der Waals surface area contributed by atoms with Gasteiger partial charge in [0.2, 0.25) is 0 Å². The van der Waals surface area contributed by atoms with Crippen LogP contribution in [0.5, 0.6) is 0 Å². The highest BCUT2D eigenvalue weighted by Crippen LogP contribution is 2.34. The second-order valence-corrected chi connectivity index (χ2v) is 6.40. The summed E-state index contributed by atoms with van der Waals surface area (Å²) in [5.41, 5.74) is -1.07. The van der Waals surface area contributed by atoms with E-state index < -0.39 is 30.4 Å². The van der Waals surface area contributed by atoms with Gasteiger partial charge in [0.05, 0.1) is 29.6 Å². The number of carbonyl (C=O) groups is 1. The van der Waals surface area contributed by atoms with E-state index in [4.69, 9.17) is 4.42 Å². The van der Waals surface area contributed by atoms with E-state index in [0.29, 0.717) is 0 Å². The van der Waals surface area contributed by atoms with E-state index in [1.165, 1.54) is 11.1 Å². The summed E-state index contributed by atoms with van der Waals surface area (Å²) in [6.45, 7) is -2.92. The van der Waals surface area contributed by atoms with Gasteiger partial charge in [-0.2, -0.15) is 22.0 Å². The van der Waals surface area contributed by atoms with Gasteiger partial charge in [-0.3, -0.25) is 9.20 Å². The SMILES string of the molecule is O=C(c1cnc2c(-c3cnco3)cc(C(F)(F)F)cn12)N1CCC(OC(F)F)C1. The number of carbonyl (C=O) groups excluding carboxylic acids is 1. The lowest BCUT2D eigenvalue weighted by Crippen LogP contribution is -2.31. The molecule has 154 valence electrons. The van der Waals surface area contributed by atoms with E-state index >= 15 is 0 Å². The van der Waals surface area contributed by atoms with Crippen LogP contribution >= 0.6 is 0 Å². The van der Waals surface area contributed by atoms with Gasteiger partial charge in [-0.1, -0.05) is 0 Å². The minimum Gasteiger partial charge on any atom is -0.443 e. The number of halogens is 5. The van der Waals surface area contributed by atoms with Gasteiger partial charge in [0.25, 0.3) is 5.91 Å². The van der Waals surface area contributed by atoms with Gasteiger partial charge in [-0.15, -0.1) is 0 Å². The van der Waals surface area contributed by atoms with Crippen molar-refractivity contribution in [2.75, 3.05) is 13.1 Å². The lowest BCUT2D eigenvalue weighted by molar-refractivity contribution is -0.158. The maximum Gasteiger partial charge on any atom is 0.417 e. The first kappa shape index (κ1) is 19.3. The van der Waals surface area contributed by atoms with Crippen LogP contribution in [0.15, 0.2) is 35.5 Å². The van der Waals surface area contributed by atoms with Crippen LogP contribution in [-0.4, -0.2) is 51.0 Å². The van der Waals surface area contributed by atoms with Crippen LogP contribution in [0.2, 0.25) is 0 Å². The number of alkyl halides is 5. The van der Waals surface area contributed by atoms with Crippen molar-refractivity contribution < 1.29 is 35.9 Å². The fourth-order valence-electron chi connectivity index (χ4n) is 3.26. The number of hydrogen-bond acceptors (Lipinski definition) is 5. The molecule has 12 heteroatoms. The van der Waals surface area contributed by atoms with Crippen molar-refractivity contribution in [2.45, 2.75) is 25.3 Å². The number of imidazole rings is 1. The highest BCUT2D eigenvalue weighted by atomic mass is 19.4. The predicted octanol–water partition coefficient (Wildman–Crippen LogP) is 3.46. The van der Waals surface area contributed by atoms with Crippen molar-refractivity contribution >= 4 is 11.6 Å². The highest BCUT2D eigenvalue weighted by Gasteiger charge is 2.35. The zero-order valence-corrected chi connectivity index (χ0v) is 14.6. The van der Waals surface area contributed by atoms with Crippen molar-refractivity contribution in [3.63, 3.8) is 0 Å². The smallest absolute Gasteiger partial charge is 0.417 e. The Bertz CT molecular complexity index is 1030. The molecule has 0 spiro atoms. The third kappa shape index (κ3) is 3.67. The van der Waals surface area contributed by atoms with Gasteiger partial charge in [0, 0.05) is 19.3 Å². The molecule has 1 aliphatic heterocycles. The molecule has 1 amide bonds. The number of likely N-dealkylation sites (tertiary alicyclic amines) is 1. The van der Waals surface area contributed by atoms with Crippen LogP contribution in [-0.2, 0) is 10.9 Å². The Morgan fingerprint density at radius 2 is 2.10 bits per heavy atom. The molecule has 4 heterocycles. The van der Waals surface area contributed by atoms with Crippen molar-refractivity contribution in [2.24, 2.45) is 0 Å². The molecule has 1 aliphatic rings. The highest BCUT2D eigenvalue weighted by molar-refractivity contribution is 5.94. The third-order valence-corrected chi connectivity index (χ3v) is 4.58. The Balaban J connectivity index is 1.74. The third-order valence-electron chi connectivity index (χ3n) is 4.58. The molecule has 0 saturated carbocycles. The van der Waals surface area contributed by atoms with E-state index in [2.05, 4.69) is 14.7 Å². The Morgan fingerprint density at radius 3 is 2.76 bits per heavy atom. The van der Waals surface area contributed by atoms with Gasteiger partial charge in [0.1, 0.15) is 11.3 Å². The Hall–Kier alpha value is -3.02. The fourth-order valence-corrected chi connectivity index (χ4v) is 3.26. The standard InChI is InChI=1S/C17H13F5N4O3/c18-16(19)29-10-1-2-25(7-10)15(27)12-4-24-14-11(13-5-23-8-28-13)3-9(6-26(12)14)17(20,21)22/h3-6,8,10,16H,1-2,7H2. The van der Waals surface area contributed by atoms with E-state index in [-0.39, 0.29) is 42.2 Å². The average Bonchev–Trinajstić information content (AvgIpc) is 3.39. The zero-order valence-electron chi connectivity index (χ0n) is 14.6. The number of rotatable bonds is 4. The van der Waals surface area contributed by atoms with E-state index in [1.54, 1.807) is 0 Å². The number of nitrogens with zero attached hydrogens (tertiary/aromatic N) is 4. The molecule has 1 atom stereocenters. The summed E-state index contributed by atoms with van der Waals surface area (Å²) in [7, 11) is 0. The van der Waals surface area contributed by atoms with Crippen LogP contribution in [0.4, 0.5) is 22.0 Å². The Kier molecular flexibility index (Phi) is 4.73. The quantitative estimate of drug-likeness (QED) is 0.609. The molecule has 7 nitrogen and oxygen atoms in total. The number of hydrogen-bond donors (Lipinski definition) is 0. The fraction of sp³-hybridized carbons (Fsp3) is 0.353. The number of fused-ring (bicyclic) bond motifs is 1. The number of aromatic nitrogens is 3. The summed E-state index contributed by atoms with van der Waals surface area (Å²) in [4.78, 5) is 21.8. The van der Waals surface area contributed by atoms with Crippen LogP contribution in [0.25, 0.3) is 17.0 Å². The van der Waals surface area contributed by atoms with E-state index in [0.717, 1.165) is 29.3 Å². The summed E-state index contributed by atoms with van der Waals surface area (Å²) in [5, 5.41) is 0. The molecular weight excluding hydrogens is 403 g/mol. The molecule has 29 heavy (non-hydrogen) atoms. The van der Waals surface area contributed by atoms with Crippen molar-refractivity contribution in [1.29, 1.82) is 0 Å². The van der Waals surface area contributed by atoms with Crippen molar-refractivity contribution in [3.05, 3.63) is 42.3 Å². The Labute approximate surface area is 159 Å². The Morgan fingerprint density at radius 1 is 1.31 bits per heavy atom. The molecule has 0 aromatic carbocycles. The lowest BCUT2D eigenvalue weighted by atomic mass is 10.1. The first-order chi connectivity index (χ1) is 13.7. The van der Waals surface area contributed by atoms with Crippen LogP contribution in [0, 0.1) is 0 Å². The monoisotopic (exact) mass is 416 g/mol.